The van der Waals surface area contributed by atoms with Gasteiger partial charge in [0.05, 0.1) is 13.7 Å². The van der Waals surface area contributed by atoms with Crippen LogP contribution in [-0.2, 0) is 6.54 Å². The lowest BCUT2D eigenvalue weighted by Gasteiger charge is -2.21. The Morgan fingerprint density at radius 3 is 2.85 bits per heavy atom. The van der Waals surface area contributed by atoms with Crippen LogP contribution < -0.4 is 10.1 Å². The first kappa shape index (κ1) is 14.5. The lowest BCUT2D eigenvalue weighted by Crippen LogP contribution is -2.32. The Bertz CT molecular complexity index is 542. The Balaban J connectivity index is 1.98. The predicted octanol–water partition coefficient (Wildman–Crippen LogP) is 2.77. The van der Waals surface area contributed by atoms with E-state index in [9.17, 15) is 4.39 Å². The van der Waals surface area contributed by atoms with Crippen LogP contribution in [0.15, 0.2) is 36.7 Å². The topological polar surface area (TPSA) is 39.1 Å². The van der Waals surface area contributed by atoms with Crippen molar-refractivity contribution in [3.63, 3.8) is 0 Å². The van der Waals surface area contributed by atoms with Gasteiger partial charge in [-0.1, -0.05) is 6.07 Å². The summed E-state index contributed by atoms with van der Waals surface area (Å²) in [7, 11) is 1.47. The van der Waals surface area contributed by atoms with Crippen molar-refractivity contribution >= 4 is 0 Å². The molecule has 4 nitrogen and oxygen atoms in total. The van der Waals surface area contributed by atoms with Gasteiger partial charge in [-0.05, 0) is 37.6 Å². The number of rotatable bonds is 6. The maximum Gasteiger partial charge on any atom is 0.165 e. The first-order valence-electron chi connectivity index (χ1n) is 6.67. The number of aromatic nitrogens is 2. The van der Waals surface area contributed by atoms with Crippen molar-refractivity contribution in [2.45, 2.75) is 32.5 Å². The van der Waals surface area contributed by atoms with Gasteiger partial charge >= 0.3 is 0 Å². The number of nitrogens with one attached hydrogen (secondary N) is 1. The number of hydrogen-bond acceptors (Lipinski definition) is 3. The van der Waals surface area contributed by atoms with Gasteiger partial charge in [0.25, 0.3) is 0 Å². The summed E-state index contributed by atoms with van der Waals surface area (Å²) in [5, 5.41) is 7.65. The highest BCUT2D eigenvalue weighted by atomic mass is 19.1. The van der Waals surface area contributed by atoms with E-state index < -0.39 is 0 Å². The standard InChI is InChI=1S/C15H20FN3O/c1-11(10-19-8-4-7-17-19)18-12(2)13-5-6-14(16)15(9-13)20-3/h4-9,11-12,18H,10H2,1-3H3. The SMILES string of the molecule is COc1cc(C(C)NC(C)Cn2cccn2)ccc1F. The third kappa shape index (κ3) is 3.57. The molecule has 5 heteroatoms. The molecule has 2 aromatic rings. The molecule has 0 aliphatic carbocycles. The van der Waals surface area contributed by atoms with Gasteiger partial charge in [0.15, 0.2) is 11.6 Å². The average molecular weight is 277 g/mol. The molecular formula is C15H20FN3O. The maximum atomic E-state index is 13.4. The smallest absolute Gasteiger partial charge is 0.165 e. The lowest BCUT2D eigenvalue weighted by molar-refractivity contribution is 0.382. The summed E-state index contributed by atoms with van der Waals surface area (Å²) in [4.78, 5) is 0. The van der Waals surface area contributed by atoms with E-state index in [0.29, 0.717) is 0 Å². The molecule has 1 heterocycles. The monoisotopic (exact) mass is 277 g/mol. The Morgan fingerprint density at radius 1 is 1.40 bits per heavy atom. The van der Waals surface area contributed by atoms with Gasteiger partial charge in [-0.25, -0.2) is 4.39 Å². The van der Waals surface area contributed by atoms with Gasteiger partial charge < -0.3 is 10.1 Å². The second-order valence-corrected chi connectivity index (χ2v) is 4.91. The molecule has 0 spiro atoms. The lowest BCUT2D eigenvalue weighted by atomic mass is 10.1. The molecule has 2 atom stereocenters. The first-order chi connectivity index (χ1) is 9.60. The van der Waals surface area contributed by atoms with E-state index in [1.807, 2.05) is 23.9 Å². The van der Waals surface area contributed by atoms with Crippen molar-refractivity contribution in [1.82, 2.24) is 15.1 Å². The molecule has 0 bridgehead atoms. The summed E-state index contributed by atoms with van der Waals surface area (Å²) in [6, 6.07) is 7.20. The van der Waals surface area contributed by atoms with Crippen molar-refractivity contribution in [1.29, 1.82) is 0 Å². The fourth-order valence-corrected chi connectivity index (χ4v) is 2.21. The number of nitrogens with zero attached hydrogens (tertiary/aromatic N) is 2. The van der Waals surface area contributed by atoms with Crippen LogP contribution in [0.2, 0.25) is 0 Å². The third-order valence-electron chi connectivity index (χ3n) is 3.23. The zero-order valence-corrected chi connectivity index (χ0v) is 12.0. The van der Waals surface area contributed by atoms with Gasteiger partial charge in [0.1, 0.15) is 0 Å². The van der Waals surface area contributed by atoms with Gasteiger partial charge in [-0.2, -0.15) is 5.10 Å². The molecule has 1 aromatic heterocycles. The largest absolute Gasteiger partial charge is 0.494 e. The molecule has 2 unspecified atom stereocenters. The second-order valence-electron chi connectivity index (χ2n) is 4.91. The summed E-state index contributed by atoms with van der Waals surface area (Å²) in [6.45, 7) is 4.93. The molecule has 108 valence electrons. The van der Waals surface area contributed by atoms with E-state index in [1.165, 1.54) is 13.2 Å². The molecule has 2 rings (SSSR count). The maximum absolute atomic E-state index is 13.4. The van der Waals surface area contributed by atoms with Crippen LogP contribution in [0.25, 0.3) is 0 Å². The van der Waals surface area contributed by atoms with Crippen LogP contribution in [0.4, 0.5) is 4.39 Å². The van der Waals surface area contributed by atoms with Crippen LogP contribution in [-0.4, -0.2) is 22.9 Å². The quantitative estimate of drug-likeness (QED) is 0.882. The molecule has 0 amide bonds. The highest BCUT2D eigenvalue weighted by Crippen LogP contribution is 2.22. The zero-order chi connectivity index (χ0) is 14.5. The Labute approximate surface area is 118 Å². The molecule has 0 fully saturated rings. The van der Waals surface area contributed by atoms with Crippen LogP contribution >= 0.6 is 0 Å². The Morgan fingerprint density at radius 2 is 2.20 bits per heavy atom. The summed E-state index contributed by atoms with van der Waals surface area (Å²) in [5.41, 5.74) is 0.996. The van der Waals surface area contributed by atoms with E-state index in [2.05, 4.69) is 17.3 Å². The highest BCUT2D eigenvalue weighted by molar-refractivity contribution is 5.31. The van der Waals surface area contributed by atoms with Crippen molar-refractivity contribution in [3.8, 4) is 5.75 Å². The second kappa shape index (κ2) is 6.52. The normalized spacial score (nSPS) is 14.0. The molecule has 1 aromatic carbocycles. The van der Waals surface area contributed by atoms with Crippen LogP contribution in [0, 0.1) is 5.82 Å². The van der Waals surface area contributed by atoms with E-state index in [-0.39, 0.29) is 23.7 Å². The van der Waals surface area contributed by atoms with Crippen molar-refractivity contribution in [2.24, 2.45) is 0 Å². The third-order valence-corrected chi connectivity index (χ3v) is 3.23. The summed E-state index contributed by atoms with van der Waals surface area (Å²) >= 11 is 0. The Kier molecular flexibility index (Phi) is 4.74. The molecule has 0 aliphatic heterocycles. The van der Waals surface area contributed by atoms with Crippen LogP contribution in [0.1, 0.15) is 25.5 Å². The molecule has 0 saturated heterocycles. The highest BCUT2D eigenvalue weighted by Gasteiger charge is 2.12. The number of methoxy groups -OCH3 is 1. The summed E-state index contributed by atoms with van der Waals surface area (Å²) in [5.74, 6) is -0.0658. The molecule has 0 aliphatic rings. The number of hydrogen-bond donors (Lipinski definition) is 1. The van der Waals surface area contributed by atoms with E-state index in [0.717, 1.165) is 12.1 Å². The number of ether oxygens (including phenoxy) is 1. The minimum atomic E-state index is -0.340. The van der Waals surface area contributed by atoms with Gasteiger partial charge in [0, 0.05) is 24.5 Å². The molecular weight excluding hydrogens is 257 g/mol. The molecule has 0 radical (unpaired) electrons. The van der Waals surface area contributed by atoms with E-state index >= 15 is 0 Å². The molecule has 20 heavy (non-hydrogen) atoms. The van der Waals surface area contributed by atoms with Crippen molar-refractivity contribution in [2.75, 3.05) is 7.11 Å². The first-order valence-corrected chi connectivity index (χ1v) is 6.67. The molecule has 0 saturated carbocycles. The fourth-order valence-electron chi connectivity index (χ4n) is 2.21. The minimum Gasteiger partial charge on any atom is -0.494 e. The average Bonchev–Trinajstić information content (AvgIpc) is 2.91. The van der Waals surface area contributed by atoms with Crippen LogP contribution in [0.3, 0.4) is 0 Å². The zero-order valence-electron chi connectivity index (χ0n) is 12.0. The van der Waals surface area contributed by atoms with Gasteiger partial charge in [-0.3, -0.25) is 4.68 Å². The molecule has 1 N–H and O–H groups in total. The number of benzene rings is 1. The Hall–Kier alpha value is -1.88. The van der Waals surface area contributed by atoms with Gasteiger partial charge in [0.2, 0.25) is 0 Å². The fraction of sp³-hybridized carbons (Fsp3) is 0.400. The number of halogens is 1. The van der Waals surface area contributed by atoms with Crippen LogP contribution in [0.5, 0.6) is 5.75 Å². The summed E-state index contributed by atoms with van der Waals surface area (Å²) < 4.78 is 20.3. The van der Waals surface area contributed by atoms with Crippen molar-refractivity contribution < 1.29 is 9.13 Å². The summed E-state index contributed by atoms with van der Waals surface area (Å²) in [6.07, 6.45) is 3.70. The minimum absolute atomic E-state index is 0.107. The predicted molar refractivity (Wildman–Crippen MR) is 76.2 cm³/mol. The van der Waals surface area contributed by atoms with E-state index in [1.54, 1.807) is 18.3 Å². The van der Waals surface area contributed by atoms with Crippen molar-refractivity contribution in [3.05, 3.63) is 48.0 Å². The van der Waals surface area contributed by atoms with Gasteiger partial charge in [-0.15, -0.1) is 0 Å². The van der Waals surface area contributed by atoms with E-state index in [4.69, 9.17) is 4.74 Å².